The molecular weight excluding hydrogens is 233 g/mol. The molecule has 1 aromatic carbocycles. The highest BCUT2D eigenvalue weighted by molar-refractivity contribution is 5.50. The third kappa shape index (κ3) is 5.02. The molecular formula is C14H22FNO2. The van der Waals surface area contributed by atoms with Gasteiger partial charge < -0.3 is 15.2 Å². The summed E-state index contributed by atoms with van der Waals surface area (Å²) >= 11 is 0. The van der Waals surface area contributed by atoms with Crippen molar-refractivity contribution in [3.05, 3.63) is 29.6 Å². The van der Waals surface area contributed by atoms with Gasteiger partial charge in [0.1, 0.15) is 5.82 Å². The van der Waals surface area contributed by atoms with Gasteiger partial charge in [-0.25, -0.2) is 4.39 Å². The molecule has 0 fully saturated rings. The van der Waals surface area contributed by atoms with Crippen molar-refractivity contribution >= 4 is 5.69 Å². The van der Waals surface area contributed by atoms with Crippen LogP contribution in [0.2, 0.25) is 0 Å². The third-order valence-electron chi connectivity index (χ3n) is 2.50. The van der Waals surface area contributed by atoms with E-state index in [2.05, 4.69) is 5.32 Å². The molecule has 18 heavy (non-hydrogen) atoms. The van der Waals surface area contributed by atoms with Crippen molar-refractivity contribution in [2.45, 2.75) is 39.4 Å². The Labute approximate surface area is 108 Å². The largest absolute Gasteiger partial charge is 0.389 e. The Balaban J connectivity index is 2.43. The third-order valence-corrected chi connectivity index (χ3v) is 2.50. The van der Waals surface area contributed by atoms with Crippen molar-refractivity contribution in [3.8, 4) is 0 Å². The Morgan fingerprint density at radius 3 is 2.67 bits per heavy atom. The Hall–Kier alpha value is -1.13. The average molecular weight is 255 g/mol. The van der Waals surface area contributed by atoms with Crippen LogP contribution in [0.4, 0.5) is 10.1 Å². The molecule has 1 unspecified atom stereocenters. The highest BCUT2D eigenvalue weighted by atomic mass is 19.1. The van der Waals surface area contributed by atoms with Gasteiger partial charge in [0.2, 0.25) is 0 Å². The smallest absolute Gasteiger partial charge is 0.128 e. The molecule has 0 aliphatic rings. The summed E-state index contributed by atoms with van der Waals surface area (Å²) in [6.07, 6.45) is -0.619. The summed E-state index contributed by atoms with van der Waals surface area (Å²) < 4.78 is 18.8. The topological polar surface area (TPSA) is 41.5 Å². The lowest BCUT2D eigenvalue weighted by molar-refractivity contribution is -0.0449. The van der Waals surface area contributed by atoms with Gasteiger partial charge in [0.25, 0.3) is 0 Å². The van der Waals surface area contributed by atoms with E-state index in [1.807, 2.05) is 20.8 Å². The monoisotopic (exact) mass is 255 g/mol. The number of nitrogens with one attached hydrogen (secondary N) is 1. The number of rotatable bonds is 5. The molecule has 1 aromatic rings. The minimum absolute atomic E-state index is 0.250. The van der Waals surface area contributed by atoms with Crippen LogP contribution in [0.15, 0.2) is 18.2 Å². The van der Waals surface area contributed by atoms with Crippen molar-refractivity contribution in [1.29, 1.82) is 0 Å². The molecule has 102 valence electrons. The molecule has 0 amide bonds. The maximum atomic E-state index is 13.3. The van der Waals surface area contributed by atoms with Gasteiger partial charge in [0.05, 0.1) is 18.3 Å². The average Bonchev–Trinajstić information content (AvgIpc) is 2.27. The van der Waals surface area contributed by atoms with Gasteiger partial charge >= 0.3 is 0 Å². The van der Waals surface area contributed by atoms with Gasteiger partial charge in [-0.3, -0.25) is 0 Å². The summed E-state index contributed by atoms with van der Waals surface area (Å²) in [5.74, 6) is -0.250. The molecule has 0 aliphatic carbocycles. The van der Waals surface area contributed by atoms with Crippen molar-refractivity contribution in [1.82, 2.24) is 0 Å². The summed E-state index contributed by atoms with van der Waals surface area (Å²) in [5.41, 5.74) is 0.988. The number of aliphatic hydroxyl groups excluding tert-OH is 1. The second kappa shape index (κ2) is 6.16. The Kier molecular flexibility index (Phi) is 5.11. The molecule has 3 nitrogen and oxygen atoms in total. The van der Waals surface area contributed by atoms with Crippen LogP contribution in [0, 0.1) is 12.7 Å². The zero-order valence-corrected chi connectivity index (χ0v) is 11.5. The van der Waals surface area contributed by atoms with E-state index < -0.39 is 6.10 Å². The summed E-state index contributed by atoms with van der Waals surface area (Å²) in [6.45, 7) is 8.10. The number of halogens is 1. The van der Waals surface area contributed by atoms with Crippen LogP contribution in [-0.4, -0.2) is 30.0 Å². The minimum atomic E-state index is -0.619. The molecule has 1 atom stereocenters. The maximum Gasteiger partial charge on any atom is 0.128 e. The second-order valence-corrected chi connectivity index (χ2v) is 5.37. The molecule has 0 heterocycles. The standard InChI is InChI=1S/C14H22FNO2/c1-10-12(15)6-5-7-13(10)16-8-11(17)9-18-14(2,3)4/h5-7,11,16-17H,8-9H2,1-4H3. The number of anilines is 1. The molecule has 0 radical (unpaired) electrons. The lowest BCUT2D eigenvalue weighted by Crippen LogP contribution is -2.30. The Morgan fingerprint density at radius 1 is 1.39 bits per heavy atom. The van der Waals surface area contributed by atoms with Gasteiger partial charge in [-0.15, -0.1) is 0 Å². The normalized spacial score (nSPS) is 13.4. The van der Waals surface area contributed by atoms with Gasteiger partial charge in [-0.05, 0) is 39.8 Å². The van der Waals surface area contributed by atoms with Crippen LogP contribution >= 0.6 is 0 Å². The van der Waals surface area contributed by atoms with Crippen molar-refractivity contribution in [2.24, 2.45) is 0 Å². The fraction of sp³-hybridized carbons (Fsp3) is 0.571. The number of hydrogen-bond acceptors (Lipinski definition) is 3. The van der Waals surface area contributed by atoms with Crippen LogP contribution in [0.5, 0.6) is 0 Å². The lowest BCUT2D eigenvalue weighted by atomic mass is 10.2. The number of hydrogen-bond donors (Lipinski definition) is 2. The number of ether oxygens (including phenoxy) is 1. The fourth-order valence-corrected chi connectivity index (χ4v) is 1.43. The molecule has 0 bridgehead atoms. The predicted octanol–water partition coefficient (Wildman–Crippen LogP) is 2.72. The van der Waals surface area contributed by atoms with Crippen LogP contribution in [0.1, 0.15) is 26.3 Å². The maximum absolute atomic E-state index is 13.3. The molecule has 4 heteroatoms. The van der Waals surface area contributed by atoms with Crippen molar-refractivity contribution in [3.63, 3.8) is 0 Å². The summed E-state index contributed by atoms with van der Waals surface area (Å²) in [7, 11) is 0. The Bertz CT molecular complexity index is 388. The quantitative estimate of drug-likeness (QED) is 0.850. The fourth-order valence-electron chi connectivity index (χ4n) is 1.43. The summed E-state index contributed by atoms with van der Waals surface area (Å²) in [4.78, 5) is 0. The van der Waals surface area contributed by atoms with E-state index >= 15 is 0 Å². The first-order chi connectivity index (χ1) is 8.29. The van der Waals surface area contributed by atoms with E-state index in [0.29, 0.717) is 17.8 Å². The first kappa shape index (κ1) is 14.9. The van der Waals surface area contributed by atoms with Crippen molar-refractivity contribution < 1.29 is 14.2 Å². The first-order valence-corrected chi connectivity index (χ1v) is 6.10. The van der Waals surface area contributed by atoms with Crippen LogP contribution in [0.3, 0.4) is 0 Å². The Morgan fingerprint density at radius 2 is 2.06 bits per heavy atom. The summed E-state index contributed by atoms with van der Waals surface area (Å²) in [6, 6.07) is 4.85. The first-order valence-electron chi connectivity index (χ1n) is 6.10. The molecule has 0 spiro atoms. The van der Waals surface area contributed by atoms with Gasteiger partial charge in [0.15, 0.2) is 0 Å². The second-order valence-electron chi connectivity index (χ2n) is 5.37. The lowest BCUT2D eigenvalue weighted by Gasteiger charge is -2.22. The van der Waals surface area contributed by atoms with Gasteiger partial charge in [0, 0.05) is 17.8 Å². The molecule has 0 aromatic heterocycles. The SMILES string of the molecule is Cc1c(F)cccc1NCC(O)COC(C)(C)C. The molecule has 1 rings (SSSR count). The van der Waals surface area contributed by atoms with E-state index in [4.69, 9.17) is 4.74 Å². The molecule has 0 aliphatic heterocycles. The summed E-state index contributed by atoms with van der Waals surface area (Å²) in [5, 5.41) is 12.8. The zero-order valence-electron chi connectivity index (χ0n) is 11.5. The van der Waals surface area contributed by atoms with E-state index in [1.165, 1.54) is 6.07 Å². The zero-order chi connectivity index (χ0) is 13.8. The van der Waals surface area contributed by atoms with E-state index in [9.17, 15) is 9.50 Å². The van der Waals surface area contributed by atoms with Crippen molar-refractivity contribution in [2.75, 3.05) is 18.5 Å². The number of benzene rings is 1. The van der Waals surface area contributed by atoms with Crippen LogP contribution < -0.4 is 5.32 Å². The van der Waals surface area contributed by atoms with Crippen LogP contribution in [-0.2, 0) is 4.74 Å². The van der Waals surface area contributed by atoms with E-state index in [1.54, 1.807) is 19.1 Å². The molecule has 0 saturated heterocycles. The predicted molar refractivity (Wildman–Crippen MR) is 71.3 cm³/mol. The van der Waals surface area contributed by atoms with Crippen LogP contribution in [0.25, 0.3) is 0 Å². The minimum Gasteiger partial charge on any atom is -0.389 e. The van der Waals surface area contributed by atoms with E-state index in [-0.39, 0.29) is 18.0 Å². The van der Waals surface area contributed by atoms with E-state index in [0.717, 1.165) is 0 Å². The molecule has 2 N–H and O–H groups in total. The van der Waals surface area contributed by atoms with Gasteiger partial charge in [-0.2, -0.15) is 0 Å². The highest BCUT2D eigenvalue weighted by Crippen LogP contribution is 2.17. The van der Waals surface area contributed by atoms with Gasteiger partial charge in [-0.1, -0.05) is 6.07 Å². The highest BCUT2D eigenvalue weighted by Gasteiger charge is 2.13. The molecule has 0 saturated carbocycles. The number of aliphatic hydroxyl groups is 1.